The lowest BCUT2D eigenvalue weighted by molar-refractivity contribution is -0.115. The van der Waals surface area contributed by atoms with Crippen molar-refractivity contribution in [2.45, 2.75) is 0 Å². The van der Waals surface area contributed by atoms with E-state index in [1.165, 1.54) is 0 Å². The molecule has 0 aromatic heterocycles. The molecule has 7 heteroatoms. The van der Waals surface area contributed by atoms with E-state index in [-0.39, 0.29) is 16.9 Å². The van der Waals surface area contributed by atoms with E-state index < -0.39 is 0 Å². The molecular weight excluding hydrogens is 346 g/mol. The fourth-order valence-corrected chi connectivity index (χ4v) is 2.49. The Balaban J connectivity index is 1.77. The molecule has 0 saturated carbocycles. The summed E-state index contributed by atoms with van der Waals surface area (Å²) >= 11 is 10.7. The Morgan fingerprint density at radius 1 is 1.12 bits per heavy atom. The third-order valence-electron chi connectivity index (χ3n) is 3.28. The van der Waals surface area contributed by atoms with E-state index in [9.17, 15) is 9.59 Å². The summed E-state index contributed by atoms with van der Waals surface area (Å²) in [6, 6.07) is 13.7. The molecule has 24 heavy (non-hydrogen) atoms. The maximum absolute atomic E-state index is 12.2. The Morgan fingerprint density at radius 2 is 1.88 bits per heavy atom. The Bertz CT molecular complexity index is 862. The molecule has 3 N–H and O–H groups in total. The molecule has 0 atom stereocenters. The van der Waals surface area contributed by atoms with Crippen LogP contribution in [0.3, 0.4) is 0 Å². The van der Waals surface area contributed by atoms with Gasteiger partial charge in [0.05, 0.1) is 0 Å². The Kier molecular flexibility index (Phi) is 4.59. The minimum atomic E-state index is -0.282. The smallest absolute Gasteiger partial charge is 0.273 e. The van der Waals surface area contributed by atoms with Crippen LogP contribution in [0.25, 0.3) is 6.08 Å². The van der Waals surface area contributed by atoms with Gasteiger partial charge in [0.25, 0.3) is 11.8 Å². The molecular formula is C17H12ClN3O2S. The highest BCUT2D eigenvalue weighted by atomic mass is 35.5. The molecule has 2 aromatic carbocycles. The van der Waals surface area contributed by atoms with Crippen molar-refractivity contribution >= 4 is 52.5 Å². The molecule has 0 unspecified atom stereocenters. The van der Waals surface area contributed by atoms with Crippen LogP contribution in [-0.4, -0.2) is 16.9 Å². The van der Waals surface area contributed by atoms with Crippen LogP contribution in [-0.2, 0) is 4.79 Å². The van der Waals surface area contributed by atoms with E-state index in [0.717, 1.165) is 5.56 Å². The summed E-state index contributed by atoms with van der Waals surface area (Å²) in [5.74, 6) is -0.523. The summed E-state index contributed by atoms with van der Waals surface area (Å²) in [7, 11) is 0. The third-order valence-corrected chi connectivity index (χ3v) is 3.74. The quantitative estimate of drug-likeness (QED) is 0.583. The normalized spacial score (nSPS) is 15.1. The van der Waals surface area contributed by atoms with Gasteiger partial charge in [0, 0.05) is 16.3 Å². The Hall–Kier alpha value is -2.70. The van der Waals surface area contributed by atoms with Gasteiger partial charge in [-0.3, -0.25) is 14.9 Å². The predicted molar refractivity (Wildman–Crippen MR) is 97.7 cm³/mol. The van der Waals surface area contributed by atoms with Crippen LogP contribution in [0.15, 0.2) is 54.2 Å². The van der Waals surface area contributed by atoms with Gasteiger partial charge in [0.1, 0.15) is 5.70 Å². The van der Waals surface area contributed by atoms with Crippen molar-refractivity contribution in [2.75, 3.05) is 5.32 Å². The number of anilines is 1. The highest BCUT2D eigenvalue weighted by molar-refractivity contribution is 7.80. The molecule has 1 aliphatic heterocycles. The average molecular weight is 358 g/mol. The van der Waals surface area contributed by atoms with Crippen molar-refractivity contribution in [1.29, 1.82) is 0 Å². The molecule has 2 aromatic rings. The predicted octanol–water partition coefficient (Wildman–Crippen LogP) is 2.94. The maximum Gasteiger partial charge on any atom is 0.273 e. The minimum Gasteiger partial charge on any atom is -0.328 e. The van der Waals surface area contributed by atoms with Gasteiger partial charge in [-0.25, -0.2) is 0 Å². The monoisotopic (exact) mass is 357 g/mol. The van der Waals surface area contributed by atoms with Gasteiger partial charge in [-0.15, -0.1) is 0 Å². The van der Waals surface area contributed by atoms with Crippen LogP contribution in [0.2, 0.25) is 5.02 Å². The van der Waals surface area contributed by atoms with Crippen LogP contribution in [0.5, 0.6) is 0 Å². The lowest BCUT2D eigenvalue weighted by Gasteiger charge is -2.06. The highest BCUT2D eigenvalue weighted by Gasteiger charge is 2.19. The summed E-state index contributed by atoms with van der Waals surface area (Å²) < 4.78 is 0. The van der Waals surface area contributed by atoms with Crippen LogP contribution in [0, 0.1) is 0 Å². The molecule has 5 nitrogen and oxygen atoms in total. The zero-order valence-corrected chi connectivity index (χ0v) is 13.9. The van der Waals surface area contributed by atoms with Crippen molar-refractivity contribution in [2.24, 2.45) is 0 Å². The summed E-state index contributed by atoms with van der Waals surface area (Å²) in [6.07, 6.45) is 1.66. The maximum atomic E-state index is 12.2. The van der Waals surface area contributed by atoms with Gasteiger partial charge in [0.15, 0.2) is 5.11 Å². The molecule has 1 aliphatic rings. The zero-order chi connectivity index (χ0) is 17.1. The molecule has 120 valence electrons. The second kappa shape index (κ2) is 6.82. The largest absolute Gasteiger partial charge is 0.328 e. The number of hydrogen-bond donors (Lipinski definition) is 3. The first-order chi connectivity index (χ1) is 11.5. The molecule has 0 bridgehead atoms. The number of carbonyl (C=O) groups excluding carboxylic acids is 2. The number of nitrogens with one attached hydrogen (secondary N) is 3. The van der Waals surface area contributed by atoms with Crippen molar-refractivity contribution in [1.82, 2.24) is 10.6 Å². The number of benzene rings is 2. The van der Waals surface area contributed by atoms with E-state index in [1.807, 2.05) is 6.07 Å². The first kappa shape index (κ1) is 16.2. The molecule has 0 spiro atoms. The van der Waals surface area contributed by atoms with E-state index >= 15 is 0 Å². The van der Waals surface area contributed by atoms with Crippen LogP contribution in [0.1, 0.15) is 15.9 Å². The summed E-state index contributed by atoms with van der Waals surface area (Å²) in [5, 5.41) is 8.92. The lowest BCUT2D eigenvalue weighted by Crippen LogP contribution is -2.21. The van der Waals surface area contributed by atoms with Gasteiger partial charge in [0.2, 0.25) is 0 Å². The number of thiocarbonyl (C=S) groups is 1. The molecule has 0 radical (unpaired) electrons. The average Bonchev–Trinajstić information content (AvgIpc) is 2.86. The van der Waals surface area contributed by atoms with Gasteiger partial charge in [-0.05, 0) is 60.3 Å². The number of halogens is 1. The van der Waals surface area contributed by atoms with Gasteiger partial charge >= 0.3 is 0 Å². The van der Waals surface area contributed by atoms with Gasteiger partial charge in [-0.1, -0.05) is 23.7 Å². The lowest BCUT2D eigenvalue weighted by atomic mass is 10.1. The molecule has 3 rings (SSSR count). The molecule has 1 saturated heterocycles. The summed E-state index contributed by atoms with van der Waals surface area (Å²) in [4.78, 5) is 23.9. The fourth-order valence-electron chi connectivity index (χ4n) is 2.16. The minimum absolute atomic E-state index is 0.241. The SMILES string of the molecule is O=C1NC(=S)N/C1=C/c1cccc(NC(=O)c2ccc(Cl)cc2)c1. The number of carbonyl (C=O) groups is 2. The first-order valence-corrected chi connectivity index (χ1v) is 7.81. The summed E-state index contributed by atoms with van der Waals surface area (Å²) in [6.45, 7) is 0. The second-order valence-electron chi connectivity index (χ2n) is 5.05. The zero-order valence-electron chi connectivity index (χ0n) is 12.3. The van der Waals surface area contributed by atoms with Gasteiger partial charge in [-0.2, -0.15) is 0 Å². The van der Waals surface area contributed by atoms with E-state index in [2.05, 4.69) is 16.0 Å². The first-order valence-electron chi connectivity index (χ1n) is 7.02. The number of rotatable bonds is 3. The van der Waals surface area contributed by atoms with E-state index in [1.54, 1.807) is 48.5 Å². The second-order valence-corrected chi connectivity index (χ2v) is 5.90. The van der Waals surface area contributed by atoms with E-state index in [0.29, 0.717) is 22.0 Å². The van der Waals surface area contributed by atoms with E-state index in [4.69, 9.17) is 23.8 Å². The summed E-state index contributed by atoms with van der Waals surface area (Å²) in [5.41, 5.74) is 2.24. The van der Waals surface area contributed by atoms with Crippen molar-refractivity contribution < 1.29 is 9.59 Å². The van der Waals surface area contributed by atoms with Crippen LogP contribution >= 0.6 is 23.8 Å². The van der Waals surface area contributed by atoms with Crippen molar-refractivity contribution in [3.63, 3.8) is 0 Å². The highest BCUT2D eigenvalue weighted by Crippen LogP contribution is 2.16. The molecule has 0 aliphatic carbocycles. The number of amides is 2. The van der Waals surface area contributed by atoms with Crippen molar-refractivity contribution in [3.8, 4) is 0 Å². The topological polar surface area (TPSA) is 70.2 Å². The molecule has 1 heterocycles. The standard InChI is InChI=1S/C17H12ClN3O2S/c18-12-6-4-11(5-7-12)15(22)19-13-3-1-2-10(8-13)9-14-16(23)21-17(24)20-14/h1-9H,(H,19,22)(H2,20,21,23,24)/b14-9+. The Morgan fingerprint density at radius 3 is 2.54 bits per heavy atom. The van der Waals surface area contributed by atoms with Gasteiger partial charge < -0.3 is 10.6 Å². The fraction of sp³-hybridized carbons (Fsp3) is 0. The molecule has 2 amide bonds. The molecule has 1 fully saturated rings. The number of hydrogen-bond acceptors (Lipinski definition) is 3. The van der Waals surface area contributed by atoms with Crippen LogP contribution in [0.4, 0.5) is 5.69 Å². The van der Waals surface area contributed by atoms with Crippen LogP contribution < -0.4 is 16.0 Å². The van der Waals surface area contributed by atoms with Crippen molar-refractivity contribution in [3.05, 3.63) is 70.4 Å². The Labute approximate surface area is 148 Å². The third kappa shape index (κ3) is 3.79.